The fraction of sp³-hybridized carbons (Fsp3) is 0.433. The van der Waals surface area contributed by atoms with Crippen molar-refractivity contribution in [1.82, 2.24) is 14.7 Å². The molecule has 9 heteroatoms. The summed E-state index contributed by atoms with van der Waals surface area (Å²) in [4.78, 5) is 20.1. The topological polar surface area (TPSA) is 91.9 Å². The average molecular weight is 534 g/mol. The van der Waals surface area contributed by atoms with Gasteiger partial charge in [-0.15, -0.1) is 0 Å². The molecule has 3 heterocycles. The zero-order valence-corrected chi connectivity index (χ0v) is 22.3. The first-order chi connectivity index (χ1) is 20.1. The molecule has 0 spiro atoms. The van der Waals surface area contributed by atoms with Crippen LogP contribution in [0.1, 0.15) is 65.6 Å². The third-order valence-corrected chi connectivity index (χ3v) is 7.99. The SMILES string of the molecule is [2H]C([2H])([2H])OC1CCC(n2c([C@@H]3CCOC(=O)N3c3ccc(OC)cc3)nc3cc(-c4c(C)noc4C)ccc32)CC1. The standard InChI is InChI=1S/C30H34N4O5/c1-18-28(19(2)39-32-18)20-5-14-26-25(17-20)31-29(33(26)21-6-10-23(36-3)11-7-21)27-15-16-38-30(35)34(27)22-8-12-24(37-4)13-9-22/h5,8-9,12-14,17,21,23,27H,6-7,10-11,15-16H2,1-4H3/t21?,23?,27-/m0/s1/i3D3. The zero-order valence-electron chi connectivity index (χ0n) is 25.3. The average Bonchev–Trinajstić information content (AvgIpc) is 3.51. The number of ether oxygens (including phenoxy) is 3. The second kappa shape index (κ2) is 10.4. The van der Waals surface area contributed by atoms with Gasteiger partial charge in [-0.05, 0) is 81.5 Å². The third-order valence-electron chi connectivity index (χ3n) is 7.99. The number of anilines is 1. The number of aromatic nitrogens is 3. The number of amides is 1. The molecule has 1 aliphatic heterocycles. The van der Waals surface area contributed by atoms with Crippen LogP contribution in [0.2, 0.25) is 0 Å². The fourth-order valence-electron chi connectivity index (χ4n) is 6.06. The Morgan fingerprint density at radius 3 is 2.54 bits per heavy atom. The monoisotopic (exact) mass is 533 g/mol. The van der Waals surface area contributed by atoms with Crippen molar-refractivity contribution in [1.29, 1.82) is 0 Å². The van der Waals surface area contributed by atoms with Crippen LogP contribution in [0.3, 0.4) is 0 Å². The summed E-state index contributed by atoms with van der Waals surface area (Å²) in [5.74, 6) is 2.20. The summed E-state index contributed by atoms with van der Waals surface area (Å²) in [6.07, 6.45) is 2.51. The summed E-state index contributed by atoms with van der Waals surface area (Å²) in [6, 6.07) is 13.2. The molecule has 1 aliphatic carbocycles. The predicted molar refractivity (Wildman–Crippen MR) is 147 cm³/mol. The van der Waals surface area contributed by atoms with Gasteiger partial charge in [-0.2, -0.15) is 0 Å². The molecule has 2 aromatic carbocycles. The van der Waals surface area contributed by atoms with Crippen LogP contribution >= 0.6 is 0 Å². The van der Waals surface area contributed by atoms with E-state index in [-0.39, 0.29) is 24.8 Å². The fourth-order valence-corrected chi connectivity index (χ4v) is 6.06. The van der Waals surface area contributed by atoms with Crippen LogP contribution in [0.25, 0.3) is 22.2 Å². The summed E-state index contributed by atoms with van der Waals surface area (Å²) < 4.78 is 46.4. The number of hydrogen-bond donors (Lipinski definition) is 0. The van der Waals surface area contributed by atoms with E-state index in [4.69, 9.17) is 27.8 Å². The van der Waals surface area contributed by atoms with E-state index in [1.54, 1.807) is 12.0 Å². The van der Waals surface area contributed by atoms with Crippen LogP contribution in [0.5, 0.6) is 5.75 Å². The number of carbonyl (C=O) groups is 1. The van der Waals surface area contributed by atoms with Crippen molar-refractivity contribution >= 4 is 22.8 Å². The van der Waals surface area contributed by atoms with Crippen molar-refractivity contribution in [3.63, 3.8) is 0 Å². The molecule has 6 rings (SSSR count). The van der Waals surface area contributed by atoms with E-state index in [0.717, 1.165) is 52.3 Å². The molecule has 1 saturated heterocycles. The lowest BCUT2D eigenvalue weighted by atomic mass is 9.92. The lowest BCUT2D eigenvalue weighted by molar-refractivity contribution is 0.0582. The number of aryl methyl sites for hydroxylation is 2. The molecule has 1 amide bonds. The Balaban J connectivity index is 1.44. The molecule has 1 saturated carbocycles. The molecule has 9 nitrogen and oxygen atoms in total. The van der Waals surface area contributed by atoms with Gasteiger partial charge >= 0.3 is 6.09 Å². The first kappa shape index (κ1) is 22.0. The van der Waals surface area contributed by atoms with Crippen molar-refractivity contribution in [3.05, 3.63) is 59.7 Å². The number of carbonyl (C=O) groups excluding carboxylic acids is 1. The maximum absolute atomic E-state index is 13.2. The molecule has 0 unspecified atom stereocenters. The quantitative estimate of drug-likeness (QED) is 0.278. The van der Waals surface area contributed by atoms with Crippen LogP contribution in [-0.2, 0) is 9.47 Å². The Morgan fingerprint density at radius 2 is 1.85 bits per heavy atom. The van der Waals surface area contributed by atoms with E-state index in [9.17, 15) is 4.79 Å². The minimum Gasteiger partial charge on any atom is -0.497 e. The number of methoxy groups -OCH3 is 2. The Labute approximate surface area is 231 Å². The number of hydrogen-bond acceptors (Lipinski definition) is 7. The lowest BCUT2D eigenvalue weighted by Gasteiger charge is -2.37. The van der Waals surface area contributed by atoms with E-state index in [1.165, 1.54) is 0 Å². The van der Waals surface area contributed by atoms with Gasteiger partial charge in [-0.3, -0.25) is 4.90 Å². The van der Waals surface area contributed by atoms with Gasteiger partial charge in [0.2, 0.25) is 0 Å². The highest BCUT2D eigenvalue weighted by Crippen LogP contribution is 2.41. The van der Waals surface area contributed by atoms with Gasteiger partial charge in [0.25, 0.3) is 0 Å². The summed E-state index contributed by atoms with van der Waals surface area (Å²) in [7, 11) is -0.815. The highest BCUT2D eigenvalue weighted by molar-refractivity contribution is 5.90. The molecule has 0 N–H and O–H groups in total. The Bertz CT molecular complexity index is 1570. The molecule has 2 fully saturated rings. The minimum atomic E-state index is -2.42. The lowest BCUT2D eigenvalue weighted by Crippen LogP contribution is -2.42. The van der Waals surface area contributed by atoms with Gasteiger partial charge in [0.1, 0.15) is 23.4 Å². The van der Waals surface area contributed by atoms with Crippen LogP contribution in [0.15, 0.2) is 47.0 Å². The molecule has 2 aromatic heterocycles. The van der Waals surface area contributed by atoms with Crippen molar-refractivity contribution in [2.75, 3.05) is 25.7 Å². The maximum Gasteiger partial charge on any atom is 0.414 e. The summed E-state index contributed by atoms with van der Waals surface area (Å²) in [5.41, 5.74) is 5.15. The number of rotatable bonds is 6. The van der Waals surface area contributed by atoms with E-state index >= 15 is 0 Å². The molecule has 204 valence electrons. The molecule has 2 aliphatic rings. The summed E-state index contributed by atoms with van der Waals surface area (Å²) in [6.45, 7) is 4.09. The van der Waals surface area contributed by atoms with Gasteiger partial charge in [0, 0.05) is 30.8 Å². The normalized spacial score (nSPS) is 23.3. The van der Waals surface area contributed by atoms with E-state index in [2.05, 4.69) is 21.9 Å². The predicted octanol–water partition coefficient (Wildman–Crippen LogP) is 6.53. The number of cyclic esters (lactones) is 1. The summed E-state index contributed by atoms with van der Waals surface area (Å²) in [5, 5.41) is 4.12. The van der Waals surface area contributed by atoms with Crippen molar-refractivity contribution < 1.29 is 27.6 Å². The molecule has 1 atom stereocenters. The Kier molecular flexibility index (Phi) is 5.86. The van der Waals surface area contributed by atoms with Gasteiger partial charge < -0.3 is 23.3 Å². The molecule has 4 aromatic rings. The van der Waals surface area contributed by atoms with Gasteiger partial charge in [-0.25, -0.2) is 9.78 Å². The number of imidazole rings is 1. The van der Waals surface area contributed by atoms with Gasteiger partial charge in [0.05, 0.1) is 40.7 Å². The highest BCUT2D eigenvalue weighted by Gasteiger charge is 2.37. The smallest absolute Gasteiger partial charge is 0.414 e. The van der Waals surface area contributed by atoms with E-state index < -0.39 is 13.1 Å². The van der Waals surface area contributed by atoms with Crippen LogP contribution in [-0.4, -0.2) is 47.7 Å². The molecule has 0 radical (unpaired) electrons. The van der Waals surface area contributed by atoms with Crippen LogP contribution in [0.4, 0.5) is 10.5 Å². The zero-order chi connectivity index (χ0) is 29.6. The van der Waals surface area contributed by atoms with Crippen molar-refractivity contribution in [2.24, 2.45) is 0 Å². The molecule has 39 heavy (non-hydrogen) atoms. The highest BCUT2D eigenvalue weighted by atomic mass is 16.6. The first-order valence-electron chi connectivity index (χ1n) is 14.9. The first-order valence-corrected chi connectivity index (χ1v) is 13.4. The van der Waals surface area contributed by atoms with Crippen molar-refractivity contribution in [2.45, 2.75) is 64.1 Å². The Hall–Kier alpha value is -3.85. The Morgan fingerprint density at radius 1 is 1.05 bits per heavy atom. The van der Waals surface area contributed by atoms with Gasteiger partial charge in [0.15, 0.2) is 0 Å². The summed E-state index contributed by atoms with van der Waals surface area (Å²) >= 11 is 0. The largest absolute Gasteiger partial charge is 0.497 e. The molecular formula is C30H34N4O5. The maximum atomic E-state index is 13.2. The second-order valence-corrected chi connectivity index (χ2v) is 10.3. The van der Waals surface area contributed by atoms with E-state index in [1.807, 2.05) is 44.2 Å². The number of fused-ring (bicyclic) bond motifs is 1. The number of nitrogens with zero attached hydrogens (tertiary/aromatic N) is 4. The van der Waals surface area contributed by atoms with Crippen molar-refractivity contribution in [3.8, 4) is 16.9 Å². The molecular weight excluding hydrogens is 496 g/mol. The van der Waals surface area contributed by atoms with Crippen LogP contribution in [0, 0.1) is 13.8 Å². The second-order valence-electron chi connectivity index (χ2n) is 10.3. The van der Waals surface area contributed by atoms with Crippen LogP contribution < -0.4 is 9.64 Å². The number of benzene rings is 2. The molecule has 0 bridgehead atoms. The van der Waals surface area contributed by atoms with E-state index in [0.29, 0.717) is 30.7 Å². The minimum absolute atomic E-state index is 0.0574. The third kappa shape index (κ3) is 4.54. The van der Waals surface area contributed by atoms with Gasteiger partial charge in [-0.1, -0.05) is 11.2 Å².